The zero-order chi connectivity index (χ0) is 28.6. The molecule has 13 heteroatoms. The highest BCUT2D eigenvalue weighted by atomic mass is 35.5. The van der Waals surface area contributed by atoms with Crippen LogP contribution in [-0.2, 0) is 19.7 Å². The van der Waals surface area contributed by atoms with Crippen molar-refractivity contribution in [2.45, 2.75) is 49.9 Å². The van der Waals surface area contributed by atoms with Crippen LogP contribution in [0.15, 0.2) is 36.4 Å². The maximum absolute atomic E-state index is 15.4. The molecule has 2 N–H and O–H groups in total. The number of nitriles is 1. The summed E-state index contributed by atoms with van der Waals surface area (Å²) < 4.78 is 73.6. The Morgan fingerprint density at radius 1 is 1.18 bits per heavy atom. The number of hydrogen-bond donors (Lipinski definition) is 2. The van der Waals surface area contributed by atoms with Crippen molar-refractivity contribution in [1.29, 1.82) is 5.26 Å². The van der Waals surface area contributed by atoms with Gasteiger partial charge in [0.25, 0.3) is 0 Å². The number of hydrogen-bond acceptors (Lipinski definition) is 6. The van der Waals surface area contributed by atoms with E-state index >= 15 is 8.78 Å². The van der Waals surface area contributed by atoms with Crippen molar-refractivity contribution in [1.82, 2.24) is 5.32 Å². The summed E-state index contributed by atoms with van der Waals surface area (Å²) in [7, 11) is 0. The first-order chi connectivity index (χ1) is 17.6. The lowest BCUT2D eigenvalue weighted by atomic mass is 9.62. The van der Waals surface area contributed by atoms with E-state index in [1.54, 1.807) is 13.8 Å². The van der Waals surface area contributed by atoms with E-state index < -0.39 is 75.8 Å². The second-order valence-corrected chi connectivity index (χ2v) is 10.5. The third-order valence-corrected chi connectivity index (χ3v) is 7.02. The third kappa shape index (κ3) is 5.50. The van der Waals surface area contributed by atoms with Gasteiger partial charge >= 0.3 is 18.1 Å². The van der Waals surface area contributed by atoms with Crippen molar-refractivity contribution < 1.29 is 41.4 Å². The van der Waals surface area contributed by atoms with Gasteiger partial charge in [0.2, 0.25) is 0 Å². The largest absolute Gasteiger partial charge is 0.491 e. The molecule has 38 heavy (non-hydrogen) atoms. The first kappa shape index (κ1) is 29.8. The zero-order valence-corrected chi connectivity index (χ0v) is 21.4. The van der Waals surface area contributed by atoms with E-state index in [0.29, 0.717) is 0 Å². The molecule has 3 rings (SSSR count). The first-order valence-corrected chi connectivity index (χ1v) is 11.8. The summed E-state index contributed by atoms with van der Waals surface area (Å²) in [5.41, 5.74) is -3.91. The van der Waals surface area contributed by atoms with E-state index in [2.05, 4.69) is 10.1 Å². The van der Waals surface area contributed by atoms with Crippen LogP contribution in [0.4, 0.5) is 22.0 Å². The summed E-state index contributed by atoms with van der Waals surface area (Å²) >= 11 is 11.8. The molecule has 0 bridgehead atoms. The number of benzene rings is 2. The van der Waals surface area contributed by atoms with Crippen molar-refractivity contribution >= 4 is 35.1 Å². The highest BCUT2D eigenvalue weighted by Crippen LogP contribution is 2.53. The molecule has 2 aromatic carbocycles. The van der Waals surface area contributed by atoms with Crippen LogP contribution in [-0.4, -0.2) is 41.9 Å². The molecule has 0 spiro atoms. The van der Waals surface area contributed by atoms with Gasteiger partial charge in [-0.05, 0) is 35.6 Å². The van der Waals surface area contributed by atoms with Gasteiger partial charge in [-0.25, -0.2) is 18.4 Å². The van der Waals surface area contributed by atoms with E-state index in [4.69, 9.17) is 23.2 Å². The van der Waals surface area contributed by atoms with Gasteiger partial charge in [0.05, 0.1) is 11.1 Å². The van der Waals surface area contributed by atoms with Crippen LogP contribution in [0, 0.1) is 28.4 Å². The first-order valence-electron chi connectivity index (χ1n) is 11.1. The molecule has 0 radical (unpaired) electrons. The lowest BCUT2D eigenvalue weighted by Crippen LogP contribution is -2.45. The molecular weight excluding hydrogens is 558 g/mol. The summed E-state index contributed by atoms with van der Waals surface area (Å²) in [6.07, 6.45) is -5.67. The number of carbonyl (C=O) groups excluding carboxylic acids is 2. The van der Waals surface area contributed by atoms with E-state index in [1.165, 1.54) is 12.1 Å². The second-order valence-electron chi connectivity index (χ2n) is 9.66. The molecule has 1 saturated heterocycles. The van der Waals surface area contributed by atoms with Crippen LogP contribution < -0.4 is 5.32 Å². The smallest absolute Gasteiger partial charge is 0.396 e. The number of aliphatic hydroxyl groups is 1. The molecular formula is C25H21Cl2F5N2O4. The maximum Gasteiger partial charge on any atom is 0.491 e. The molecule has 0 unspecified atom stereocenters. The van der Waals surface area contributed by atoms with Crippen LogP contribution in [0.3, 0.4) is 0 Å². The van der Waals surface area contributed by atoms with Gasteiger partial charge in [0.15, 0.2) is 0 Å². The SMILES string of the molecule is CC(C)(CO)C[C@@H]1N[C@@H](C(=O)OC(=O)C(F)(F)F)[C@H](c2cccc(Cl)c2F)[C@@]1(C#N)c1ccc(Cl)cc1F. The van der Waals surface area contributed by atoms with E-state index in [-0.39, 0.29) is 17.0 Å². The maximum atomic E-state index is 15.4. The van der Waals surface area contributed by atoms with Crippen molar-refractivity contribution in [2.75, 3.05) is 6.61 Å². The standard InChI is InChI=1S/C25H21Cl2F5N2O4/c1-23(2,11-35)9-17-24(10-33,14-7-6-12(26)8-16(14)28)18(13-4-3-5-15(27)19(13)29)20(34-17)21(36)38-22(37)25(30,31)32/h3-8,17-18,20,34-35H,9,11H2,1-2H3/t17-,18-,20+,24-/m0/s1. The molecule has 4 atom stereocenters. The van der Waals surface area contributed by atoms with E-state index in [1.807, 2.05) is 6.07 Å². The van der Waals surface area contributed by atoms with Gasteiger partial charge in [-0.15, -0.1) is 0 Å². The van der Waals surface area contributed by atoms with Crippen molar-refractivity contribution in [3.05, 3.63) is 69.2 Å². The number of aliphatic hydroxyl groups excluding tert-OH is 1. The highest BCUT2D eigenvalue weighted by Gasteiger charge is 2.62. The van der Waals surface area contributed by atoms with Crippen LogP contribution in [0.1, 0.15) is 37.3 Å². The Balaban J connectivity index is 2.35. The number of halogens is 7. The molecule has 1 heterocycles. The molecule has 0 saturated carbocycles. The van der Waals surface area contributed by atoms with Gasteiger partial charge in [-0.1, -0.05) is 55.2 Å². The summed E-state index contributed by atoms with van der Waals surface area (Å²) in [4.78, 5) is 24.5. The normalized spacial score (nSPS) is 23.7. The van der Waals surface area contributed by atoms with Crippen LogP contribution in [0.2, 0.25) is 10.0 Å². The summed E-state index contributed by atoms with van der Waals surface area (Å²) in [6, 6.07) is 5.60. The number of nitrogens with zero attached hydrogens (tertiary/aromatic N) is 1. The van der Waals surface area contributed by atoms with Gasteiger partial charge in [0, 0.05) is 29.2 Å². The van der Waals surface area contributed by atoms with Crippen molar-refractivity contribution in [2.24, 2.45) is 5.41 Å². The van der Waals surface area contributed by atoms with Gasteiger partial charge in [-0.3, -0.25) is 5.32 Å². The molecule has 6 nitrogen and oxygen atoms in total. The Kier molecular flexibility index (Phi) is 8.44. The monoisotopic (exact) mass is 578 g/mol. The van der Waals surface area contributed by atoms with Crippen molar-refractivity contribution in [3.63, 3.8) is 0 Å². The fourth-order valence-corrected chi connectivity index (χ4v) is 5.09. The summed E-state index contributed by atoms with van der Waals surface area (Å²) in [6.45, 7) is 2.74. The number of esters is 2. The predicted molar refractivity (Wildman–Crippen MR) is 126 cm³/mol. The number of alkyl halides is 3. The number of rotatable bonds is 6. The van der Waals surface area contributed by atoms with Gasteiger partial charge < -0.3 is 9.84 Å². The zero-order valence-electron chi connectivity index (χ0n) is 19.9. The highest BCUT2D eigenvalue weighted by molar-refractivity contribution is 6.31. The molecule has 0 amide bonds. The minimum atomic E-state index is -5.53. The van der Waals surface area contributed by atoms with Crippen molar-refractivity contribution in [3.8, 4) is 6.07 Å². The quantitative estimate of drug-likeness (QED) is 0.278. The van der Waals surface area contributed by atoms with Crippen LogP contribution >= 0.6 is 23.2 Å². The average molecular weight is 579 g/mol. The fourth-order valence-electron chi connectivity index (χ4n) is 4.75. The molecule has 2 aromatic rings. The van der Waals surface area contributed by atoms with Gasteiger partial charge in [0.1, 0.15) is 23.1 Å². The second kappa shape index (κ2) is 10.8. The topological polar surface area (TPSA) is 99.4 Å². The molecule has 0 aromatic heterocycles. The molecule has 1 fully saturated rings. The summed E-state index contributed by atoms with van der Waals surface area (Å²) in [5.74, 6) is -8.46. The number of ether oxygens (including phenoxy) is 1. The lowest BCUT2D eigenvalue weighted by molar-refractivity contribution is -0.202. The number of carbonyl (C=O) groups is 2. The van der Waals surface area contributed by atoms with Crippen LogP contribution in [0.5, 0.6) is 0 Å². The molecule has 0 aliphatic carbocycles. The predicted octanol–water partition coefficient (Wildman–Crippen LogP) is 5.20. The van der Waals surface area contributed by atoms with E-state index in [9.17, 15) is 33.1 Å². The van der Waals surface area contributed by atoms with Crippen LogP contribution in [0.25, 0.3) is 0 Å². The van der Waals surface area contributed by atoms with E-state index in [0.717, 1.165) is 24.3 Å². The Morgan fingerprint density at radius 3 is 2.39 bits per heavy atom. The molecule has 1 aliphatic rings. The Hall–Kier alpha value is -2.78. The average Bonchev–Trinajstić information content (AvgIpc) is 3.14. The Labute approximate surface area is 224 Å². The van der Waals surface area contributed by atoms with Gasteiger partial charge in [-0.2, -0.15) is 18.4 Å². The fraction of sp³-hybridized carbons (Fsp3) is 0.400. The Bertz CT molecular complexity index is 1300. The Morgan fingerprint density at radius 2 is 1.84 bits per heavy atom. The minimum absolute atomic E-state index is 0.0465. The minimum Gasteiger partial charge on any atom is -0.396 e. The molecule has 1 aliphatic heterocycles. The number of nitrogens with one attached hydrogen (secondary N) is 1. The molecule has 204 valence electrons. The third-order valence-electron chi connectivity index (χ3n) is 6.50. The lowest BCUT2D eigenvalue weighted by Gasteiger charge is -2.37. The summed E-state index contributed by atoms with van der Waals surface area (Å²) in [5, 5.41) is 22.7.